The van der Waals surface area contributed by atoms with Gasteiger partial charge in [0.2, 0.25) is 0 Å². The fourth-order valence-corrected chi connectivity index (χ4v) is 6.24. The average Bonchev–Trinajstić information content (AvgIpc) is 2.79. The second kappa shape index (κ2) is 6.33. The van der Waals surface area contributed by atoms with Crippen molar-refractivity contribution in [1.29, 1.82) is 0 Å². The molecule has 4 aliphatic carbocycles. The Morgan fingerprint density at radius 1 is 1.12 bits per heavy atom. The van der Waals surface area contributed by atoms with Crippen molar-refractivity contribution in [2.45, 2.75) is 58.9 Å². The normalized spacial score (nSPS) is 33.8. The minimum absolute atomic E-state index is 0.534. The number of rotatable bonds is 4. The third-order valence-electron chi connectivity index (χ3n) is 7.11. The smallest absolute Gasteiger partial charge is 0.191 e. The largest absolute Gasteiger partial charge is 0.356 e. The van der Waals surface area contributed by atoms with Crippen LogP contribution in [-0.2, 0) is 13.6 Å². The predicted molar refractivity (Wildman–Crippen MR) is 101 cm³/mol. The summed E-state index contributed by atoms with van der Waals surface area (Å²) in [7, 11) is 3.88. The summed E-state index contributed by atoms with van der Waals surface area (Å²) in [5, 5.41) is 11.7. The molecule has 25 heavy (non-hydrogen) atoms. The lowest BCUT2D eigenvalue weighted by molar-refractivity contribution is -0.0492. The van der Waals surface area contributed by atoms with Crippen LogP contribution < -0.4 is 10.6 Å². The van der Waals surface area contributed by atoms with Crippen LogP contribution in [0.25, 0.3) is 0 Å². The van der Waals surface area contributed by atoms with Crippen LogP contribution in [-0.4, -0.2) is 29.3 Å². The highest BCUT2D eigenvalue weighted by Gasteiger charge is 2.50. The van der Waals surface area contributed by atoms with E-state index in [2.05, 4.69) is 34.6 Å². The number of guanidine groups is 1. The lowest BCUT2D eigenvalue weighted by atomic mass is 9.49. The molecule has 0 spiro atoms. The standard InChI is InChI=1S/C20H33N5/c1-13-18(14(2)25(4)24-13)11-22-19(21-3)23-12-20-8-15-5-16(9-20)7-17(6-15)10-20/h15-17H,5-12H2,1-4H3,(H2,21,22,23). The molecule has 0 atom stereocenters. The van der Waals surface area contributed by atoms with Crippen molar-refractivity contribution in [1.82, 2.24) is 20.4 Å². The van der Waals surface area contributed by atoms with Crippen LogP contribution in [0.15, 0.2) is 4.99 Å². The van der Waals surface area contributed by atoms with Crippen molar-refractivity contribution >= 4 is 5.96 Å². The zero-order chi connectivity index (χ0) is 17.6. The summed E-state index contributed by atoms with van der Waals surface area (Å²) >= 11 is 0. The minimum atomic E-state index is 0.534. The van der Waals surface area contributed by atoms with E-state index in [1.165, 1.54) is 49.8 Å². The first-order valence-electron chi connectivity index (χ1n) is 9.91. The maximum Gasteiger partial charge on any atom is 0.191 e. The van der Waals surface area contributed by atoms with Crippen molar-refractivity contribution in [3.8, 4) is 0 Å². The zero-order valence-electron chi connectivity index (χ0n) is 16.2. The lowest BCUT2D eigenvalue weighted by Crippen LogP contribution is -2.52. The molecular formula is C20H33N5. The minimum Gasteiger partial charge on any atom is -0.356 e. The third kappa shape index (κ3) is 3.18. The molecule has 5 nitrogen and oxygen atoms in total. The van der Waals surface area contributed by atoms with Gasteiger partial charge < -0.3 is 10.6 Å². The summed E-state index contributed by atoms with van der Waals surface area (Å²) in [4.78, 5) is 4.45. The van der Waals surface area contributed by atoms with Crippen molar-refractivity contribution in [2.24, 2.45) is 35.2 Å². The molecule has 4 bridgehead atoms. The summed E-state index contributed by atoms with van der Waals surface area (Å²) in [6, 6.07) is 0. The number of hydrogen-bond donors (Lipinski definition) is 2. The predicted octanol–water partition coefficient (Wildman–Crippen LogP) is 2.92. The molecule has 1 aromatic heterocycles. The molecule has 4 fully saturated rings. The second-order valence-electron chi connectivity index (χ2n) is 8.97. The summed E-state index contributed by atoms with van der Waals surface area (Å²) < 4.78 is 1.96. The van der Waals surface area contributed by atoms with Gasteiger partial charge in [-0.15, -0.1) is 0 Å². The molecule has 1 heterocycles. The Morgan fingerprint density at radius 3 is 2.20 bits per heavy atom. The van der Waals surface area contributed by atoms with Gasteiger partial charge in [-0.05, 0) is 75.5 Å². The molecule has 5 rings (SSSR count). The summed E-state index contributed by atoms with van der Waals surface area (Å²) in [5.41, 5.74) is 4.14. The molecule has 4 saturated carbocycles. The maximum atomic E-state index is 4.50. The van der Waals surface area contributed by atoms with Gasteiger partial charge >= 0.3 is 0 Å². The molecule has 0 radical (unpaired) electrons. The number of hydrogen-bond acceptors (Lipinski definition) is 2. The highest BCUT2D eigenvalue weighted by Crippen LogP contribution is 2.59. The monoisotopic (exact) mass is 343 g/mol. The quantitative estimate of drug-likeness (QED) is 0.653. The van der Waals surface area contributed by atoms with Crippen LogP contribution >= 0.6 is 0 Å². The number of nitrogens with one attached hydrogen (secondary N) is 2. The summed E-state index contributed by atoms with van der Waals surface area (Å²) in [6.07, 6.45) is 8.82. The van der Waals surface area contributed by atoms with Crippen LogP contribution in [0.1, 0.15) is 55.5 Å². The second-order valence-corrected chi connectivity index (χ2v) is 8.97. The van der Waals surface area contributed by atoms with Gasteiger partial charge in [-0.25, -0.2) is 0 Å². The van der Waals surface area contributed by atoms with Crippen molar-refractivity contribution < 1.29 is 0 Å². The first-order valence-corrected chi connectivity index (χ1v) is 9.91. The number of aromatic nitrogens is 2. The first kappa shape index (κ1) is 16.9. The molecule has 0 saturated heterocycles. The van der Waals surface area contributed by atoms with Crippen molar-refractivity contribution in [2.75, 3.05) is 13.6 Å². The zero-order valence-corrected chi connectivity index (χ0v) is 16.2. The molecular weight excluding hydrogens is 310 g/mol. The molecule has 0 amide bonds. The van der Waals surface area contributed by atoms with E-state index in [0.717, 1.165) is 42.5 Å². The fraction of sp³-hybridized carbons (Fsp3) is 0.800. The van der Waals surface area contributed by atoms with Crippen LogP contribution in [0.5, 0.6) is 0 Å². The number of aryl methyl sites for hydroxylation is 2. The average molecular weight is 344 g/mol. The number of aliphatic imine (C=N–C) groups is 1. The van der Waals surface area contributed by atoms with Crippen molar-refractivity contribution in [3.05, 3.63) is 17.0 Å². The van der Waals surface area contributed by atoms with Gasteiger partial charge in [-0.1, -0.05) is 0 Å². The maximum absolute atomic E-state index is 4.50. The summed E-state index contributed by atoms with van der Waals surface area (Å²) in [5.74, 6) is 3.94. The first-order chi connectivity index (χ1) is 12.0. The van der Waals surface area contributed by atoms with E-state index in [9.17, 15) is 0 Å². The molecule has 0 aliphatic heterocycles. The topological polar surface area (TPSA) is 54.2 Å². The Labute approximate surface area is 151 Å². The molecule has 4 aliphatic rings. The Hall–Kier alpha value is -1.52. The Balaban J connectivity index is 1.35. The van der Waals surface area contributed by atoms with Gasteiger partial charge in [0.1, 0.15) is 0 Å². The van der Waals surface area contributed by atoms with E-state index in [0.29, 0.717) is 5.41 Å². The van der Waals surface area contributed by atoms with Gasteiger partial charge in [0.25, 0.3) is 0 Å². The Kier molecular flexibility index (Phi) is 4.28. The highest BCUT2D eigenvalue weighted by atomic mass is 15.3. The van der Waals surface area contributed by atoms with Gasteiger partial charge in [0.05, 0.1) is 5.69 Å². The third-order valence-corrected chi connectivity index (χ3v) is 7.11. The van der Waals surface area contributed by atoms with E-state index in [-0.39, 0.29) is 0 Å². The molecule has 0 aromatic carbocycles. The fourth-order valence-electron chi connectivity index (χ4n) is 6.24. The molecule has 138 valence electrons. The Morgan fingerprint density at radius 2 is 1.72 bits per heavy atom. The molecule has 1 aromatic rings. The van der Waals surface area contributed by atoms with Gasteiger partial charge in [0, 0.05) is 38.4 Å². The molecule has 5 heteroatoms. The van der Waals surface area contributed by atoms with E-state index < -0.39 is 0 Å². The van der Waals surface area contributed by atoms with Gasteiger partial charge in [-0.3, -0.25) is 9.67 Å². The van der Waals surface area contributed by atoms with E-state index in [1.807, 2.05) is 18.8 Å². The van der Waals surface area contributed by atoms with Crippen molar-refractivity contribution in [3.63, 3.8) is 0 Å². The van der Waals surface area contributed by atoms with Crippen LogP contribution in [0.4, 0.5) is 0 Å². The van der Waals surface area contributed by atoms with Crippen LogP contribution in [0.2, 0.25) is 0 Å². The molecule has 0 unspecified atom stereocenters. The Bertz CT molecular complexity index is 637. The van der Waals surface area contributed by atoms with E-state index in [4.69, 9.17) is 0 Å². The van der Waals surface area contributed by atoms with Crippen LogP contribution in [0.3, 0.4) is 0 Å². The number of nitrogens with zero attached hydrogens (tertiary/aromatic N) is 3. The van der Waals surface area contributed by atoms with Gasteiger partial charge in [0.15, 0.2) is 5.96 Å². The highest BCUT2D eigenvalue weighted by molar-refractivity contribution is 5.79. The molecule has 2 N–H and O–H groups in total. The summed E-state index contributed by atoms with van der Waals surface area (Å²) in [6.45, 7) is 6.07. The van der Waals surface area contributed by atoms with Gasteiger partial charge in [-0.2, -0.15) is 5.10 Å². The van der Waals surface area contributed by atoms with E-state index in [1.54, 1.807) is 0 Å². The SMILES string of the molecule is CN=C(NCc1c(C)nn(C)c1C)NCC12CC3CC(CC(C3)C1)C2. The lowest BCUT2D eigenvalue weighted by Gasteiger charge is -2.57. The van der Waals surface area contributed by atoms with Crippen LogP contribution in [0, 0.1) is 37.0 Å². The van der Waals surface area contributed by atoms with E-state index >= 15 is 0 Å².